The first-order valence-corrected chi connectivity index (χ1v) is 12.7. The van der Waals surface area contributed by atoms with E-state index in [4.69, 9.17) is 5.73 Å². The van der Waals surface area contributed by atoms with Crippen molar-refractivity contribution in [2.75, 3.05) is 31.5 Å². The van der Waals surface area contributed by atoms with Crippen molar-refractivity contribution in [3.8, 4) is 0 Å². The van der Waals surface area contributed by atoms with E-state index in [-0.39, 0.29) is 57.9 Å². The zero-order valence-corrected chi connectivity index (χ0v) is 21.0. The van der Waals surface area contributed by atoms with E-state index >= 15 is 0 Å². The number of piperazine rings is 1. The Hall–Kier alpha value is -3.75. The van der Waals surface area contributed by atoms with Gasteiger partial charge in [-0.3, -0.25) is 19.3 Å². The number of carboxylic acids is 1. The van der Waals surface area contributed by atoms with Crippen molar-refractivity contribution in [2.24, 2.45) is 10.1 Å². The third-order valence-corrected chi connectivity index (χ3v) is 6.25. The summed E-state index contributed by atoms with van der Waals surface area (Å²) in [5, 5.41) is 12.0. The van der Waals surface area contributed by atoms with Gasteiger partial charge in [-0.25, -0.2) is 8.78 Å². The zero-order chi connectivity index (χ0) is 27.8. The molecule has 0 saturated carbocycles. The minimum Gasteiger partial charge on any atom is -0.481 e. The van der Waals surface area contributed by atoms with Crippen LogP contribution >= 0.6 is 0 Å². The number of rotatable bonds is 10. The summed E-state index contributed by atoms with van der Waals surface area (Å²) in [5.74, 6) is -3.88. The molecule has 212 valence electrons. The Kier molecular flexibility index (Phi) is 11.6. The highest BCUT2D eigenvalue weighted by Crippen LogP contribution is 2.19. The number of nitrogens with one attached hydrogen (secondary N) is 1. The predicted molar refractivity (Wildman–Crippen MR) is 140 cm³/mol. The third kappa shape index (κ3) is 9.81. The Morgan fingerprint density at radius 1 is 1.13 bits per heavy atom. The Labute approximate surface area is 226 Å². The number of hydrogen-bond donors (Lipinski definition) is 3. The molecule has 2 aromatic rings. The zero-order valence-electron chi connectivity index (χ0n) is 20.2. The lowest BCUT2D eigenvalue weighted by molar-refractivity contribution is -0.143. The number of hydrogen-bond acceptors (Lipinski definition) is 8. The third-order valence-electron chi connectivity index (χ3n) is 5.89. The molecule has 4 N–H and O–H groups in total. The molecule has 1 aliphatic heterocycles. The summed E-state index contributed by atoms with van der Waals surface area (Å²) in [6.45, 7) is 0.529. The van der Waals surface area contributed by atoms with Gasteiger partial charge in [-0.2, -0.15) is 8.42 Å². The maximum atomic E-state index is 13.5. The van der Waals surface area contributed by atoms with Crippen LogP contribution in [-0.2, 0) is 31.3 Å². The molecule has 0 aliphatic carbocycles. The number of amides is 2. The Bertz CT molecular complexity index is 1330. The van der Waals surface area contributed by atoms with E-state index < -0.39 is 46.1 Å². The van der Waals surface area contributed by atoms with Crippen LogP contribution in [0.1, 0.15) is 25.8 Å². The SMILES string of the molecule is C.N[C@@H](CC(=O)N1CCN(CC(=O)Nc2cccc(N=S(=O)=O)c2)CC1CC(=O)O)Cc1ccc(F)c(F)c1. The summed E-state index contributed by atoms with van der Waals surface area (Å²) in [5.41, 5.74) is 6.99. The number of carboxylic acid groups (broad SMARTS) is 1. The lowest BCUT2D eigenvalue weighted by Gasteiger charge is -2.41. The first kappa shape index (κ1) is 31.5. The normalized spacial score (nSPS) is 16.1. The fourth-order valence-electron chi connectivity index (χ4n) is 4.28. The van der Waals surface area contributed by atoms with E-state index in [1.165, 1.54) is 29.2 Å². The topological polar surface area (TPSA) is 162 Å². The second kappa shape index (κ2) is 14.4. The molecule has 0 aromatic heterocycles. The average molecular weight is 568 g/mol. The molecule has 1 fully saturated rings. The van der Waals surface area contributed by atoms with Gasteiger partial charge in [0.05, 0.1) is 24.7 Å². The van der Waals surface area contributed by atoms with E-state index in [1.807, 2.05) is 0 Å². The maximum absolute atomic E-state index is 13.5. The molecule has 1 saturated heterocycles. The van der Waals surface area contributed by atoms with Gasteiger partial charge in [0.15, 0.2) is 11.6 Å². The number of benzene rings is 2. The van der Waals surface area contributed by atoms with Gasteiger partial charge in [0.2, 0.25) is 11.8 Å². The molecule has 3 rings (SSSR count). The van der Waals surface area contributed by atoms with Crippen LogP contribution in [-0.4, -0.2) is 79.4 Å². The van der Waals surface area contributed by atoms with Crippen LogP contribution in [0, 0.1) is 11.6 Å². The van der Waals surface area contributed by atoms with Gasteiger partial charge in [0.25, 0.3) is 0 Å². The highest BCUT2D eigenvalue weighted by atomic mass is 32.2. The molecule has 1 unspecified atom stereocenters. The van der Waals surface area contributed by atoms with Gasteiger partial charge in [-0.15, -0.1) is 4.36 Å². The standard InChI is InChI=1S/C24H27F2N5O6S.CH4/c25-20-5-4-15(9-21(20)26)8-16(27)10-23(33)31-7-6-30(13-19(31)12-24(34)35)14-22(32)28-17-2-1-3-18(11-17)29-38(36)37;/h1-5,9,11,16,19H,6-8,10,12-14,27H2,(H,28,32)(H,34,35);1H4/t16-,19?;/m1./s1. The van der Waals surface area contributed by atoms with Gasteiger partial charge in [-0.1, -0.05) is 19.6 Å². The van der Waals surface area contributed by atoms with Gasteiger partial charge in [-0.05, 0) is 42.3 Å². The van der Waals surface area contributed by atoms with Gasteiger partial charge >= 0.3 is 16.5 Å². The van der Waals surface area contributed by atoms with Crippen LogP contribution in [0.3, 0.4) is 0 Å². The molecule has 2 aromatic carbocycles. The second-order valence-corrected chi connectivity index (χ2v) is 9.51. The minimum absolute atomic E-state index is 0. The van der Waals surface area contributed by atoms with Crippen molar-refractivity contribution in [3.05, 3.63) is 59.7 Å². The first-order valence-electron chi connectivity index (χ1n) is 11.6. The number of carbonyl (C=O) groups excluding carboxylic acids is 2. The Morgan fingerprint density at radius 2 is 1.87 bits per heavy atom. The average Bonchev–Trinajstić information content (AvgIpc) is 2.81. The molecule has 11 nitrogen and oxygen atoms in total. The molecule has 14 heteroatoms. The number of halogens is 2. The molecule has 2 amide bonds. The van der Waals surface area contributed by atoms with Crippen molar-refractivity contribution in [1.82, 2.24) is 9.80 Å². The predicted octanol–water partition coefficient (Wildman–Crippen LogP) is 2.18. The summed E-state index contributed by atoms with van der Waals surface area (Å²) in [4.78, 5) is 40.1. The van der Waals surface area contributed by atoms with E-state index in [2.05, 4.69) is 9.68 Å². The van der Waals surface area contributed by atoms with E-state index in [0.717, 1.165) is 12.1 Å². The lowest BCUT2D eigenvalue weighted by atomic mass is 10.0. The van der Waals surface area contributed by atoms with Gasteiger partial charge in [0, 0.05) is 37.8 Å². The molecule has 2 atom stereocenters. The minimum atomic E-state index is -2.64. The second-order valence-electron chi connectivity index (χ2n) is 8.90. The van der Waals surface area contributed by atoms with Crippen LogP contribution in [0.4, 0.5) is 20.2 Å². The summed E-state index contributed by atoms with van der Waals surface area (Å²) in [6, 6.07) is 7.95. The van der Waals surface area contributed by atoms with Crippen molar-refractivity contribution in [1.29, 1.82) is 0 Å². The van der Waals surface area contributed by atoms with Crippen LogP contribution in [0.25, 0.3) is 0 Å². The van der Waals surface area contributed by atoms with Crippen molar-refractivity contribution in [2.45, 2.75) is 38.8 Å². The van der Waals surface area contributed by atoms with E-state index in [0.29, 0.717) is 17.8 Å². The van der Waals surface area contributed by atoms with E-state index in [9.17, 15) is 36.7 Å². The van der Waals surface area contributed by atoms with E-state index in [1.54, 1.807) is 11.0 Å². The van der Waals surface area contributed by atoms with Crippen LogP contribution in [0.5, 0.6) is 0 Å². The summed E-state index contributed by atoms with van der Waals surface area (Å²) in [6.07, 6.45) is -0.324. The van der Waals surface area contributed by atoms with Gasteiger partial charge in [0.1, 0.15) is 0 Å². The first-order chi connectivity index (χ1) is 18.0. The molecule has 1 heterocycles. The quantitative estimate of drug-likeness (QED) is 0.393. The van der Waals surface area contributed by atoms with Crippen LogP contribution < -0.4 is 11.1 Å². The van der Waals surface area contributed by atoms with Crippen molar-refractivity contribution in [3.63, 3.8) is 0 Å². The molecule has 39 heavy (non-hydrogen) atoms. The highest BCUT2D eigenvalue weighted by molar-refractivity contribution is 7.61. The fourth-order valence-corrected chi connectivity index (χ4v) is 4.57. The number of aliphatic carboxylic acids is 1. The summed E-state index contributed by atoms with van der Waals surface area (Å²) in [7, 11) is -2.64. The molecular weight excluding hydrogens is 536 g/mol. The molecular formula is C25H31F2N5O6S. The number of anilines is 1. The number of carbonyl (C=O) groups is 3. The molecule has 0 spiro atoms. The van der Waals surface area contributed by atoms with Crippen LogP contribution in [0.2, 0.25) is 0 Å². The summed E-state index contributed by atoms with van der Waals surface area (Å²) >= 11 is 0. The van der Waals surface area contributed by atoms with Crippen LogP contribution in [0.15, 0.2) is 46.8 Å². The van der Waals surface area contributed by atoms with Gasteiger partial charge < -0.3 is 21.1 Å². The largest absolute Gasteiger partial charge is 0.481 e. The molecule has 1 aliphatic rings. The van der Waals surface area contributed by atoms with Crippen molar-refractivity contribution >= 4 is 39.7 Å². The van der Waals surface area contributed by atoms with Crippen molar-refractivity contribution < 1.29 is 36.7 Å². The highest BCUT2D eigenvalue weighted by Gasteiger charge is 2.33. The summed E-state index contributed by atoms with van der Waals surface area (Å²) < 4.78 is 51.5. The fraction of sp³-hybridized carbons (Fsp3) is 0.400. The lowest BCUT2D eigenvalue weighted by Crippen LogP contribution is -2.57. The number of nitrogens with two attached hydrogens (primary N) is 1. The molecule has 0 bridgehead atoms. The number of nitrogens with zero attached hydrogens (tertiary/aromatic N) is 3. The molecule has 0 radical (unpaired) electrons. The maximum Gasteiger partial charge on any atom is 0.316 e. The Morgan fingerprint density at radius 3 is 2.54 bits per heavy atom. The smallest absolute Gasteiger partial charge is 0.316 e. The Balaban J connectivity index is 0.00000533. The monoisotopic (exact) mass is 567 g/mol.